The van der Waals surface area contributed by atoms with Gasteiger partial charge in [-0.1, -0.05) is 11.6 Å². The summed E-state index contributed by atoms with van der Waals surface area (Å²) in [7, 11) is 0. The van der Waals surface area contributed by atoms with Crippen LogP contribution < -0.4 is 5.32 Å². The second-order valence-corrected chi connectivity index (χ2v) is 6.99. The van der Waals surface area contributed by atoms with Crippen LogP contribution in [0.2, 0.25) is 5.02 Å². The summed E-state index contributed by atoms with van der Waals surface area (Å²) in [6, 6.07) is 5.40. The smallest absolute Gasteiger partial charge is 0.365 e. The number of rotatable bonds is 4. The molecule has 9 heteroatoms. The number of halogens is 4. The van der Waals surface area contributed by atoms with E-state index in [1.807, 2.05) is 6.92 Å². The summed E-state index contributed by atoms with van der Waals surface area (Å²) in [5.74, 6) is 1.09. The second kappa shape index (κ2) is 7.36. The maximum absolute atomic E-state index is 13.0. The number of anilines is 2. The third-order valence-electron chi connectivity index (χ3n) is 3.97. The molecular formula is C17H16ClF3N4S. The third kappa shape index (κ3) is 3.91. The molecule has 1 aliphatic heterocycles. The van der Waals surface area contributed by atoms with Crippen molar-refractivity contribution in [3.8, 4) is 0 Å². The highest BCUT2D eigenvalue weighted by molar-refractivity contribution is 8.08. The van der Waals surface area contributed by atoms with Crippen molar-refractivity contribution in [2.45, 2.75) is 20.0 Å². The minimum absolute atomic E-state index is 0.221. The lowest BCUT2D eigenvalue weighted by Gasteiger charge is -2.15. The number of hydrogen-bond donors (Lipinski definition) is 1. The van der Waals surface area contributed by atoms with Crippen molar-refractivity contribution in [3.63, 3.8) is 0 Å². The molecule has 0 unspecified atom stereocenters. The van der Waals surface area contributed by atoms with Gasteiger partial charge in [0.25, 0.3) is 0 Å². The molecule has 26 heavy (non-hydrogen) atoms. The highest BCUT2D eigenvalue weighted by atomic mass is 35.5. The van der Waals surface area contributed by atoms with Crippen LogP contribution in [-0.4, -0.2) is 27.3 Å². The van der Waals surface area contributed by atoms with Crippen molar-refractivity contribution in [2.75, 3.05) is 17.7 Å². The van der Waals surface area contributed by atoms with Crippen LogP contribution in [0.1, 0.15) is 25.1 Å². The zero-order valence-corrected chi connectivity index (χ0v) is 15.6. The number of benzene rings is 1. The molecule has 2 heterocycles. The SMILES string of the molecule is CCN1CSC(c2ccnc(Nc3ccc(Cl)c(C(F)(F)F)c3)n2)=C1C. The first kappa shape index (κ1) is 18.8. The number of nitrogens with zero attached hydrogens (tertiary/aromatic N) is 3. The molecule has 0 aliphatic carbocycles. The Morgan fingerprint density at radius 1 is 1.31 bits per heavy atom. The average molecular weight is 401 g/mol. The van der Waals surface area contributed by atoms with Crippen molar-refractivity contribution in [2.24, 2.45) is 0 Å². The van der Waals surface area contributed by atoms with Gasteiger partial charge in [0.1, 0.15) is 0 Å². The van der Waals surface area contributed by atoms with Gasteiger partial charge < -0.3 is 10.2 Å². The summed E-state index contributed by atoms with van der Waals surface area (Å²) < 4.78 is 39.0. The Morgan fingerprint density at radius 3 is 2.73 bits per heavy atom. The first-order valence-corrected chi connectivity index (χ1v) is 9.21. The van der Waals surface area contributed by atoms with E-state index in [1.165, 1.54) is 12.1 Å². The number of allylic oxidation sites excluding steroid dienone is 1. The van der Waals surface area contributed by atoms with Crippen LogP contribution in [-0.2, 0) is 6.18 Å². The van der Waals surface area contributed by atoms with Gasteiger partial charge in [-0.2, -0.15) is 13.2 Å². The largest absolute Gasteiger partial charge is 0.417 e. The first-order valence-electron chi connectivity index (χ1n) is 7.85. The molecule has 4 nitrogen and oxygen atoms in total. The summed E-state index contributed by atoms with van der Waals surface area (Å²) in [5, 5.41) is 2.47. The van der Waals surface area contributed by atoms with E-state index in [2.05, 4.69) is 27.1 Å². The van der Waals surface area contributed by atoms with Gasteiger partial charge in [-0.15, -0.1) is 11.8 Å². The molecule has 138 valence electrons. The molecule has 1 aromatic carbocycles. The molecule has 0 atom stereocenters. The van der Waals surface area contributed by atoms with Crippen LogP contribution in [0.25, 0.3) is 4.91 Å². The normalized spacial score (nSPS) is 14.9. The van der Waals surface area contributed by atoms with Crippen molar-refractivity contribution >= 4 is 39.9 Å². The Balaban J connectivity index is 1.88. The summed E-state index contributed by atoms with van der Waals surface area (Å²) >= 11 is 7.33. The van der Waals surface area contributed by atoms with E-state index in [-0.39, 0.29) is 16.7 Å². The third-order valence-corrected chi connectivity index (χ3v) is 5.53. The Labute approximate surface area is 158 Å². The minimum Gasteiger partial charge on any atom is -0.365 e. The average Bonchev–Trinajstić information content (AvgIpc) is 2.96. The van der Waals surface area contributed by atoms with Crippen molar-refractivity contribution in [1.29, 1.82) is 0 Å². The fraction of sp³-hybridized carbons (Fsp3) is 0.294. The van der Waals surface area contributed by atoms with Crippen molar-refractivity contribution in [3.05, 3.63) is 52.4 Å². The predicted molar refractivity (Wildman–Crippen MR) is 99.2 cm³/mol. The summed E-state index contributed by atoms with van der Waals surface area (Å²) in [5.41, 5.74) is 1.20. The first-order chi connectivity index (χ1) is 12.3. The molecule has 2 aromatic rings. The van der Waals surface area contributed by atoms with Crippen LogP contribution in [0.15, 0.2) is 36.2 Å². The summed E-state index contributed by atoms with van der Waals surface area (Å²) in [6.45, 7) is 5.02. The second-order valence-electron chi connectivity index (χ2n) is 5.63. The molecule has 0 saturated carbocycles. The van der Waals surface area contributed by atoms with Gasteiger partial charge in [-0.3, -0.25) is 0 Å². The van der Waals surface area contributed by atoms with E-state index in [4.69, 9.17) is 11.6 Å². The van der Waals surface area contributed by atoms with E-state index >= 15 is 0 Å². The molecule has 3 rings (SSSR count). The van der Waals surface area contributed by atoms with Gasteiger partial charge >= 0.3 is 6.18 Å². The maximum atomic E-state index is 13.0. The van der Waals surface area contributed by atoms with E-state index in [0.29, 0.717) is 0 Å². The quantitative estimate of drug-likeness (QED) is 0.722. The molecule has 1 N–H and O–H groups in total. The van der Waals surface area contributed by atoms with E-state index in [0.717, 1.165) is 34.8 Å². The number of nitrogens with one attached hydrogen (secondary N) is 1. The predicted octanol–water partition coefficient (Wildman–Crippen LogP) is 5.61. The molecule has 0 spiro atoms. The van der Waals surface area contributed by atoms with Crippen LogP contribution >= 0.6 is 23.4 Å². The molecule has 0 radical (unpaired) electrons. The summed E-state index contributed by atoms with van der Waals surface area (Å²) in [4.78, 5) is 11.8. The molecule has 0 saturated heterocycles. The lowest BCUT2D eigenvalue weighted by Crippen LogP contribution is -2.16. The highest BCUT2D eigenvalue weighted by Crippen LogP contribution is 2.39. The minimum atomic E-state index is -4.52. The lowest BCUT2D eigenvalue weighted by atomic mass is 10.2. The topological polar surface area (TPSA) is 41.1 Å². The molecule has 1 aromatic heterocycles. The van der Waals surface area contributed by atoms with Gasteiger partial charge in [-0.25, -0.2) is 9.97 Å². The van der Waals surface area contributed by atoms with Crippen molar-refractivity contribution in [1.82, 2.24) is 14.9 Å². The van der Waals surface area contributed by atoms with Crippen LogP contribution in [0.3, 0.4) is 0 Å². The van der Waals surface area contributed by atoms with E-state index < -0.39 is 11.7 Å². The van der Waals surface area contributed by atoms with E-state index in [9.17, 15) is 13.2 Å². The van der Waals surface area contributed by atoms with Gasteiger partial charge in [-0.05, 0) is 38.1 Å². The molecule has 0 bridgehead atoms. The number of thioether (sulfide) groups is 1. The van der Waals surface area contributed by atoms with Crippen LogP contribution in [0.5, 0.6) is 0 Å². The Kier molecular flexibility index (Phi) is 5.34. The molecule has 0 amide bonds. The van der Waals surface area contributed by atoms with Gasteiger partial charge in [0.2, 0.25) is 5.95 Å². The fourth-order valence-corrected chi connectivity index (χ4v) is 4.06. The number of aromatic nitrogens is 2. The Hall–Kier alpha value is -1.93. The van der Waals surface area contributed by atoms with Gasteiger partial charge in [0, 0.05) is 24.1 Å². The summed E-state index contributed by atoms with van der Waals surface area (Å²) in [6.07, 6.45) is -2.94. The zero-order chi connectivity index (χ0) is 18.9. The molecule has 0 fully saturated rings. The fourth-order valence-electron chi connectivity index (χ4n) is 2.57. The van der Waals surface area contributed by atoms with Crippen LogP contribution in [0.4, 0.5) is 24.8 Å². The van der Waals surface area contributed by atoms with Gasteiger partial charge in [0.05, 0.1) is 27.1 Å². The monoisotopic (exact) mass is 400 g/mol. The highest BCUT2D eigenvalue weighted by Gasteiger charge is 2.33. The molecule has 1 aliphatic rings. The standard InChI is InChI=1S/C17H16ClF3N4S/c1-3-25-9-26-15(10(25)2)14-6-7-22-16(24-14)23-11-4-5-13(18)12(8-11)17(19,20)21/h4-8H,3,9H2,1-2H3,(H,22,23,24). The van der Waals surface area contributed by atoms with Crippen LogP contribution in [0, 0.1) is 0 Å². The number of hydrogen-bond acceptors (Lipinski definition) is 5. The van der Waals surface area contributed by atoms with Crippen molar-refractivity contribution < 1.29 is 13.2 Å². The zero-order valence-electron chi connectivity index (χ0n) is 14.1. The lowest BCUT2D eigenvalue weighted by molar-refractivity contribution is -0.137. The Bertz CT molecular complexity index is 854. The van der Waals surface area contributed by atoms with Gasteiger partial charge in [0.15, 0.2) is 0 Å². The molecular weight excluding hydrogens is 385 g/mol. The van der Waals surface area contributed by atoms with E-state index in [1.54, 1.807) is 24.0 Å². The maximum Gasteiger partial charge on any atom is 0.417 e. The Morgan fingerprint density at radius 2 is 2.08 bits per heavy atom. The number of alkyl halides is 3.